The number of benzene rings is 4. The molecule has 3 heterocycles. The highest BCUT2D eigenvalue weighted by atomic mass is 16.7. The van der Waals surface area contributed by atoms with Crippen LogP contribution in [-0.2, 0) is 37.6 Å². The standard InChI is InChI=1S/C37H34N2O4/c1-4-42-37-31(29(22-27-16-7-5-8-17-27)34(40)39(37)33-25(2)14-13-15-26(33)3)23-36(43-37)30-20-11-12-21-32(30)38(35(36)41)24-28-18-9-6-10-19-28/h5-21H,4,22-24H2,1-3H3/t36-,37+/m0/s1. The van der Waals surface area contributed by atoms with Gasteiger partial charge >= 0.3 is 0 Å². The predicted octanol–water partition coefficient (Wildman–Crippen LogP) is 6.74. The lowest BCUT2D eigenvalue weighted by Crippen LogP contribution is -2.54. The number of carbonyl (C=O) groups excluding carboxylic acids is 2. The fourth-order valence-corrected chi connectivity index (χ4v) is 7.02. The van der Waals surface area contributed by atoms with E-state index in [1.807, 2.05) is 129 Å². The van der Waals surface area contributed by atoms with Crippen LogP contribution in [0.1, 0.15) is 41.2 Å². The van der Waals surface area contributed by atoms with E-state index < -0.39 is 11.5 Å². The zero-order chi connectivity index (χ0) is 29.8. The van der Waals surface area contributed by atoms with Gasteiger partial charge in [-0.2, -0.15) is 0 Å². The summed E-state index contributed by atoms with van der Waals surface area (Å²) in [4.78, 5) is 32.8. The van der Waals surface area contributed by atoms with Gasteiger partial charge in [0.05, 0.1) is 17.9 Å². The zero-order valence-electron chi connectivity index (χ0n) is 24.7. The molecule has 3 aliphatic heterocycles. The average Bonchev–Trinajstić information content (AvgIpc) is 3.54. The molecule has 2 amide bonds. The number of ether oxygens (including phenoxy) is 2. The van der Waals surface area contributed by atoms with Crippen LogP contribution in [0.2, 0.25) is 0 Å². The molecule has 0 aromatic heterocycles. The van der Waals surface area contributed by atoms with Crippen LogP contribution in [0, 0.1) is 13.8 Å². The van der Waals surface area contributed by atoms with Gasteiger partial charge in [-0.3, -0.25) is 14.5 Å². The van der Waals surface area contributed by atoms with Gasteiger partial charge in [-0.15, -0.1) is 0 Å². The second-order valence-corrected chi connectivity index (χ2v) is 11.5. The number of hydrogen-bond acceptors (Lipinski definition) is 4. The third-order valence-corrected chi connectivity index (χ3v) is 8.87. The van der Waals surface area contributed by atoms with Crippen molar-refractivity contribution in [3.05, 3.63) is 142 Å². The number of fused-ring (bicyclic) bond motifs is 3. The number of carbonyl (C=O) groups is 2. The molecule has 0 unspecified atom stereocenters. The van der Waals surface area contributed by atoms with E-state index in [4.69, 9.17) is 9.47 Å². The van der Waals surface area contributed by atoms with Crippen LogP contribution in [0.25, 0.3) is 0 Å². The molecule has 4 aromatic rings. The van der Waals surface area contributed by atoms with E-state index in [0.29, 0.717) is 18.5 Å². The van der Waals surface area contributed by atoms with Crippen LogP contribution in [0.3, 0.4) is 0 Å². The molecule has 43 heavy (non-hydrogen) atoms. The van der Waals surface area contributed by atoms with Gasteiger partial charge in [-0.25, -0.2) is 0 Å². The minimum atomic E-state index is -1.56. The molecule has 7 rings (SSSR count). The summed E-state index contributed by atoms with van der Waals surface area (Å²) < 4.78 is 13.7. The van der Waals surface area contributed by atoms with Crippen molar-refractivity contribution in [2.75, 3.05) is 16.4 Å². The highest BCUT2D eigenvalue weighted by molar-refractivity contribution is 6.14. The van der Waals surface area contributed by atoms with Crippen molar-refractivity contribution >= 4 is 23.2 Å². The smallest absolute Gasteiger partial charge is 0.285 e. The molecule has 6 heteroatoms. The fourth-order valence-electron chi connectivity index (χ4n) is 7.02. The van der Waals surface area contributed by atoms with Crippen molar-refractivity contribution in [3.8, 4) is 0 Å². The molecule has 4 aromatic carbocycles. The van der Waals surface area contributed by atoms with Crippen LogP contribution in [0.15, 0.2) is 114 Å². The molecule has 0 bridgehead atoms. The maximum atomic E-state index is 14.7. The third-order valence-electron chi connectivity index (χ3n) is 8.87. The lowest BCUT2D eigenvalue weighted by molar-refractivity contribution is -0.230. The molecule has 0 aliphatic carbocycles. The Morgan fingerprint density at radius 3 is 2.09 bits per heavy atom. The fraction of sp³-hybridized carbons (Fsp3) is 0.243. The molecule has 1 spiro atoms. The highest BCUT2D eigenvalue weighted by Crippen LogP contribution is 2.60. The largest absolute Gasteiger partial charge is 0.329 e. The zero-order valence-corrected chi connectivity index (χ0v) is 24.7. The van der Waals surface area contributed by atoms with Crippen molar-refractivity contribution in [2.24, 2.45) is 0 Å². The van der Waals surface area contributed by atoms with Crippen LogP contribution in [0.4, 0.5) is 11.4 Å². The number of nitrogens with zero attached hydrogens (tertiary/aromatic N) is 2. The maximum absolute atomic E-state index is 14.7. The minimum Gasteiger partial charge on any atom is -0.329 e. The van der Waals surface area contributed by atoms with Gasteiger partial charge in [-0.1, -0.05) is 97.1 Å². The van der Waals surface area contributed by atoms with E-state index in [9.17, 15) is 9.59 Å². The summed E-state index contributed by atoms with van der Waals surface area (Å²) in [5, 5.41) is 0. The molecule has 0 saturated carbocycles. The van der Waals surface area contributed by atoms with Crippen molar-refractivity contribution in [1.29, 1.82) is 0 Å². The van der Waals surface area contributed by atoms with Gasteiger partial charge in [0.15, 0.2) is 5.60 Å². The van der Waals surface area contributed by atoms with Gasteiger partial charge in [-0.05, 0) is 49.1 Å². The van der Waals surface area contributed by atoms with E-state index in [1.54, 1.807) is 4.90 Å². The van der Waals surface area contributed by atoms with E-state index in [2.05, 4.69) is 0 Å². The Kier molecular flexibility index (Phi) is 6.56. The van der Waals surface area contributed by atoms with E-state index >= 15 is 0 Å². The molecule has 2 atom stereocenters. The first-order valence-corrected chi connectivity index (χ1v) is 14.9. The van der Waals surface area contributed by atoms with Gasteiger partial charge in [0, 0.05) is 36.2 Å². The van der Waals surface area contributed by atoms with Crippen LogP contribution < -0.4 is 9.80 Å². The first-order chi connectivity index (χ1) is 20.9. The summed E-state index contributed by atoms with van der Waals surface area (Å²) >= 11 is 0. The van der Waals surface area contributed by atoms with Crippen molar-refractivity contribution in [1.82, 2.24) is 0 Å². The van der Waals surface area contributed by atoms with Crippen molar-refractivity contribution < 1.29 is 19.1 Å². The summed E-state index contributed by atoms with van der Waals surface area (Å²) in [5.41, 5.74) is 6.26. The quantitative estimate of drug-likeness (QED) is 0.247. The van der Waals surface area contributed by atoms with Crippen molar-refractivity contribution in [2.45, 2.75) is 51.7 Å². The minimum absolute atomic E-state index is 0.147. The third kappa shape index (κ3) is 4.08. The second-order valence-electron chi connectivity index (χ2n) is 11.5. The van der Waals surface area contributed by atoms with Gasteiger partial charge in [0.25, 0.3) is 17.7 Å². The van der Waals surface area contributed by atoms with Gasteiger partial charge in [0.2, 0.25) is 0 Å². The van der Waals surface area contributed by atoms with Crippen LogP contribution in [0.5, 0.6) is 0 Å². The summed E-state index contributed by atoms with van der Waals surface area (Å²) in [6.07, 6.45) is 0.637. The maximum Gasteiger partial charge on any atom is 0.285 e. The Labute approximate surface area is 252 Å². The van der Waals surface area contributed by atoms with E-state index in [0.717, 1.165) is 44.8 Å². The monoisotopic (exact) mass is 570 g/mol. The summed E-state index contributed by atoms with van der Waals surface area (Å²) in [7, 11) is 0. The molecule has 216 valence electrons. The predicted molar refractivity (Wildman–Crippen MR) is 166 cm³/mol. The number of hydrogen-bond donors (Lipinski definition) is 0. The van der Waals surface area contributed by atoms with Gasteiger partial charge in [0.1, 0.15) is 0 Å². The first kappa shape index (κ1) is 27.3. The number of amides is 2. The van der Waals surface area contributed by atoms with Crippen LogP contribution in [-0.4, -0.2) is 24.3 Å². The van der Waals surface area contributed by atoms with E-state index in [1.165, 1.54) is 0 Å². The Morgan fingerprint density at radius 1 is 0.791 bits per heavy atom. The Hall–Kier alpha value is -4.52. The molecule has 0 N–H and O–H groups in total. The van der Waals surface area contributed by atoms with E-state index in [-0.39, 0.29) is 24.8 Å². The first-order valence-electron chi connectivity index (χ1n) is 14.9. The number of anilines is 2. The summed E-state index contributed by atoms with van der Waals surface area (Å²) in [6, 6.07) is 33.7. The number of rotatable bonds is 7. The molecular weight excluding hydrogens is 536 g/mol. The second kappa shape index (κ2) is 10.3. The Morgan fingerprint density at radius 2 is 1.42 bits per heavy atom. The molecular formula is C37H34N2O4. The summed E-state index contributed by atoms with van der Waals surface area (Å²) in [6.45, 7) is 6.59. The molecule has 1 saturated heterocycles. The SMILES string of the molecule is CCO[C@@]12O[C@]3(CC1=C(Cc1ccccc1)C(=O)N2c1c(C)cccc1C)C(=O)N(Cc1ccccc1)c1ccccc13. The summed E-state index contributed by atoms with van der Waals surface area (Å²) in [5.74, 6) is -1.86. The normalized spacial score (nSPS) is 22.6. The highest BCUT2D eigenvalue weighted by Gasteiger charge is 2.70. The van der Waals surface area contributed by atoms with Crippen LogP contribution >= 0.6 is 0 Å². The van der Waals surface area contributed by atoms with Crippen molar-refractivity contribution in [3.63, 3.8) is 0 Å². The number of para-hydroxylation sites is 2. The average molecular weight is 571 g/mol. The molecule has 3 aliphatic rings. The van der Waals surface area contributed by atoms with Gasteiger partial charge < -0.3 is 14.4 Å². The Balaban J connectivity index is 1.43. The number of aryl methyl sites for hydroxylation is 2. The molecule has 6 nitrogen and oxygen atoms in total. The molecule has 0 radical (unpaired) electrons. The topological polar surface area (TPSA) is 59.1 Å². The lowest BCUT2D eigenvalue weighted by atomic mass is 9.88. The lowest BCUT2D eigenvalue weighted by Gasteiger charge is -2.39. The molecule has 1 fully saturated rings. The Bertz CT molecular complexity index is 1750.